The first-order valence-electron chi connectivity index (χ1n) is 19.3. The molecule has 0 aromatic carbocycles. The molecule has 0 aliphatic carbocycles. The van der Waals surface area contributed by atoms with Gasteiger partial charge >= 0.3 is 19.2 Å². The Kier molecular flexibility index (Phi) is 17.9. The molecule has 2 aliphatic rings. The fourth-order valence-electron chi connectivity index (χ4n) is 6.81. The van der Waals surface area contributed by atoms with Gasteiger partial charge in [0.15, 0.2) is 0 Å². The summed E-state index contributed by atoms with van der Waals surface area (Å²) in [7, 11) is -4.81. The van der Waals surface area contributed by atoms with Gasteiger partial charge in [0.25, 0.3) is 5.56 Å². The fraction of sp³-hybridized carbons (Fsp3) is 0.771. The average molecular weight is 781 g/mol. The predicted molar refractivity (Wildman–Crippen MR) is 201 cm³/mol. The summed E-state index contributed by atoms with van der Waals surface area (Å²) in [4.78, 5) is 56.7. The molecule has 302 valence electrons. The first-order chi connectivity index (χ1) is 26.0. The van der Waals surface area contributed by atoms with Gasteiger partial charge in [-0.15, -0.1) is 0 Å². The van der Waals surface area contributed by atoms with Crippen LogP contribution in [0.15, 0.2) is 38.0 Å². The number of nitrogens with one attached hydrogen (secondary N) is 2. The van der Waals surface area contributed by atoms with Crippen molar-refractivity contribution in [3.05, 3.63) is 65.8 Å². The molecule has 19 heteroatoms. The van der Waals surface area contributed by atoms with Crippen LogP contribution in [0.25, 0.3) is 10.4 Å². The number of phosphoric acid groups is 1. The minimum absolute atomic E-state index is 0.0291. The number of azide groups is 1. The molecule has 0 radical (unpaired) electrons. The Labute approximate surface area is 314 Å². The van der Waals surface area contributed by atoms with Crippen molar-refractivity contribution in [1.82, 2.24) is 19.1 Å². The molecule has 2 aromatic heterocycles. The van der Waals surface area contributed by atoms with Crippen LogP contribution in [0.5, 0.6) is 0 Å². The molecular weight excluding hydrogens is 723 g/mol. The number of ether oxygens (including phenoxy) is 2. The molecule has 4 N–H and O–H groups in total. The standard InChI is InChI=1S/C35H57N8O10P/c1-3-4-5-6-7-8-9-10-11-12-13-14-15-16-18-37-30-17-19-42(34(46)38-30)32-21-27(28(23-44)51-32)53-54(48,49)50-24-29-26(40-41-36)20-31(52-29)43-22-25(2)33(45)39-35(43)47/h17,19,22,26-29,31-32,44H,3-16,18,20-21,23-24H2,1-2H3,(H,48,49)(H,37,38,46)(H,39,45,47)/t26-,27-,28+,29+,31+,32+/m0/s1. The zero-order chi connectivity index (χ0) is 38.9. The summed E-state index contributed by atoms with van der Waals surface area (Å²) in [5.74, 6) is 0.430. The quantitative estimate of drug-likeness (QED) is 0.0310. The monoisotopic (exact) mass is 780 g/mol. The van der Waals surface area contributed by atoms with Gasteiger partial charge in [-0.1, -0.05) is 95.5 Å². The highest BCUT2D eigenvalue weighted by Crippen LogP contribution is 2.49. The Bertz CT molecular complexity index is 1730. The molecule has 0 saturated carbocycles. The SMILES string of the molecule is CCCCCCCCCCCCCCCCNc1ccn([C@H]2C[C@H](OP(=O)(O)OC[C@H]3O[C@@H](n4cc(C)c(=O)[nH]c4=O)C[C@@H]3N=[N+]=[N-])[C@@H](CO)O2)c(=O)n1. The van der Waals surface area contributed by atoms with Crippen LogP contribution >= 0.6 is 7.82 Å². The molecule has 1 unspecified atom stereocenters. The van der Waals surface area contributed by atoms with E-state index in [2.05, 4.69) is 32.2 Å². The van der Waals surface area contributed by atoms with Crippen molar-refractivity contribution >= 4 is 13.6 Å². The summed E-state index contributed by atoms with van der Waals surface area (Å²) in [5.41, 5.74) is 7.40. The van der Waals surface area contributed by atoms with Crippen molar-refractivity contribution in [1.29, 1.82) is 0 Å². The third kappa shape index (κ3) is 13.4. The summed E-state index contributed by atoms with van der Waals surface area (Å²) in [6.45, 7) is 3.32. The molecule has 18 nitrogen and oxygen atoms in total. The number of unbranched alkanes of at least 4 members (excludes halogenated alkanes) is 13. The summed E-state index contributed by atoms with van der Waals surface area (Å²) < 4.78 is 37.5. The zero-order valence-electron chi connectivity index (χ0n) is 31.4. The highest BCUT2D eigenvalue weighted by Gasteiger charge is 2.43. The second-order valence-corrected chi connectivity index (χ2v) is 15.5. The van der Waals surface area contributed by atoms with Crippen LogP contribution in [0.3, 0.4) is 0 Å². The third-order valence-corrected chi connectivity index (χ3v) is 10.9. The number of nitrogens with zero attached hydrogens (tertiary/aromatic N) is 6. The minimum atomic E-state index is -4.81. The van der Waals surface area contributed by atoms with E-state index >= 15 is 0 Å². The Morgan fingerprint density at radius 3 is 2.20 bits per heavy atom. The topological polar surface area (TPSA) is 245 Å². The van der Waals surface area contributed by atoms with E-state index in [1.54, 1.807) is 6.07 Å². The van der Waals surface area contributed by atoms with Gasteiger partial charge in [0.05, 0.1) is 25.4 Å². The Morgan fingerprint density at radius 1 is 0.981 bits per heavy atom. The lowest BCUT2D eigenvalue weighted by atomic mass is 10.0. The van der Waals surface area contributed by atoms with Crippen LogP contribution in [0.4, 0.5) is 5.82 Å². The maximum atomic E-state index is 13.0. The number of hydrogen-bond acceptors (Lipinski definition) is 12. The Morgan fingerprint density at radius 2 is 1.59 bits per heavy atom. The molecule has 0 bridgehead atoms. The summed E-state index contributed by atoms with van der Waals surface area (Å²) >= 11 is 0. The molecule has 2 aromatic rings. The van der Waals surface area contributed by atoms with E-state index in [0.29, 0.717) is 12.4 Å². The lowest BCUT2D eigenvalue weighted by Gasteiger charge is -2.22. The van der Waals surface area contributed by atoms with Crippen LogP contribution in [0, 0.1) is 6.92 Å². The second kappa shape index (κ2) is 22.3. The van der Waals surface area contributed by atoms with E-state index in [9.17, 15) is 28.9 Å². The van der Waals surface area contributed by atoms with E-state index in [0.717, 1.165) is 17.4 Å². The number of hydrogen-bond donors (Lipinski definition) is 4. The minimum Gasteiger partial charge on any atom is -0.394 e. The van der Waals surface area contributed by atoms with Gasteiger partial charge < -0.3 is 24.8 Å². The van der Waals surface area contributed by atoms with E-state index in [1.165, 1.54) is 101 Å². The number of rotatable bonds is 25. The van der Waals surface area contributed by atoms with Crippen molar-refractivity contribution < 1.29 is 33.1 Å². The molecule has 4 rings (SSSR count). The molecule has 2 saturated heterocycles. The van der Waals surface area contributed by atoms with E-state index in [1.807, 2.05) is 0 Å². The molecular formula is C35H57N8O10P. The lowest BCUT2D eigenvalue weighted by molar-refractivity contribution is -0.0512. The molecule has 54 heavy (non-hydrogen) atoms. The average Bonchev–Trinajstić information content (AvgIpc) is 3.73. The molecule has 7 atom stereocenters. The lowest BCUT2D eigenvalue weighted by Crippen LogP contribution is -2.33. The fourth-order valence-corrected chi connectivity index (χ4v) is 7.77. The van der Waals surface area contributed by atoms with Crippen LogP contribution in [-0.4, -0.2) is 73.2 Å². The van der Waals surface area contributed by atoms with Crippen molar-refractivity contribution in [3.63, 3.8) is 0 Å². The number of aromatic amines is 1. The summed E-state index contributed by atoms with van der Waals surface area (Å²) in [6.07, 6.45) is 15.5. The second-order valence-electron chi connectivity index (χ2n) is 14.1. The van der Waals surface area contributed by atoms with Crippen molar-refractivity contribution in [3.8, 4) is 0 Å². The van der Waals surface area contributed by atoms with Gasteiger partial charge in [-0.2, -0.15) is 4.98 Å². The van der Waals surface area contributed by atoms with Crippen molar-refractivity contribution in [2.75, 3.05) is 25.1 Å². The van der Waals surface area contributed by atoms with E-state index in [-0.39, 0.29) is 18.4 Å². The number of aromatic nitrogens is 4. The molecule has 2 aliphatic heterocycles. The molecule has 4 heterocycles. The number of aryl methyl sites for hydroxylation is 1. The van der Waals surface area contributed by atoms with Gasteiger partial charge in [-0.3, -0.25) is 28.0 Å². The third-order valence-electron chi connectivity index (χ3n) is 9.87. The summed E-state index contributed by atoms with van der Waals surface area (Å²) in [6, 6.07) is 0.772. The van der Waals surface area contributed by atoms with Crippen LogP contribution in [-0.2, 0) is 23.1 Å². The molecule has 0 spiro atoms. The van der Waals surface area contributed by atoms with Gasteiger partial charge in [-0.25, -0.2) is 14.2 Å². The highest BCUT2D eigenvalue weighted by molar-refractivity contribution is 7.47. The van der Waals surface area contributed by atoms with Crippen LogP contribution in [0.1, 0.15) is 128 Å². The van der Waals surface area contributed by atoms with Crippen LogP contribution in [0.2, 0.25) is 0 Å². The predicted octanol–water partition coefficient (Wildman–Crippen LogP) is 5.74. The maximum Gasteiger partial charge on any atom is 0.472 e. The van der Waals surface area contributed by atoms with Crippen molar-refractivity contribution in [2.45, 2.75) is 153 Å². The first-order valence-corrected chi connectivity index (χ1v) is 20.8. The van der Waals surface area contributed by atoms with Gasteiger partial charge in [0.2, 0.25) is 0 Å². The molecule has 2 fully saturated rings. The van der Waals surface area contributed by atoms with E-state index in [4.69, 9.17) is 24.1 Å². The Hall–Kier alpha value is -3.34. The van der Waals surface area contributed by atoms with Crippen molar-refractivity contribution in [2.24, 2.45) is 5.11 Å². The van der Waals surface area contributed by atoms with Gasteiger partial charge in [0, 0.05) is 42.3 Å². The largest absolute Gasteiger partial charge is 0.472 e. The normalized spacial score (nSPS) is 23.6. The van der Waals surface area contributed by atoms with Crippen LogP contribution < -0.4 is 22.3 Å². The number of phosphoric ester groups is 1. The van der Waals surface area contributed by atoms with Gasteiger partial charge in [0.1, 0.15) is 30.5 Å². The highest BCUT2D eigenvalue weighted by atomic mass is 31.2. The van der Waals surface area contributed by atoms with Gasteiger partial charge in [-0.05, 0) is 24.9 Å². The smallest absolute Gasteiger partial charge is 0.394 e. The first kappa shape index (κ1) is 43.4. The number of H-pyrrole nitrogens is 1. The zero-order valence-corrected chi connectivity index (χ0v) is 32.3. The number of anilines is 1. The summed E-state index contributed by atoms with van der Waals surface area (Å²) in [5, 5.41) is 16.8. The number of aliphatic hydroxyl groups excluding tert-OH is 1. The Balaban J connectivity index is 1.18. The number of aliphatic hydroxyl groups is 1. The maximum absolute atomic E-state index is 13.0. The van der Waals surface area contributed by atoms with E-state index < -0.39 is 74.8 Å². The molecule has 0 amide bonds.